The van der Waals surface area contributed by atoms with Gasteiger partial charge in [0.05, 0.1) is 6.61 Å². The Bertz CT molecular complexity index is 340. The van der Waals surface area contributed by atoms with Crippen LogP contribution in [0.15, 0.2) is 18.2 Å². The summed E-state index contributed by atoms with van der Waals surface area (Å²) in [6, 6.07) is 6.04. The summed E-state index contributed by atoms with van der Waals surface area (Å²) in [6.07, 6.45) is 0.952. The summed E-state index contributed by atoms with van der Waals surface area (Å²) in [5.74, 6) is 0. The SMILES string of the molecule is CB(O)N1CCc2cccc(CO)c2C1. The van der Waals surface area contributed by atoms with Crippen LogP contribution in [-0.2, 0) is 19.6 Å². The van der Waals surface area contributed by atoms with Crippen LogP contribution in [0.3, 0.4) is 0 Å². The minimum Gasteiger partial charge on any atom is -0.437 e. The average Bonchev–Trinajstić information content (AvgIpc) is 2.27. The van der Waals surface area contributed by atoms with Crippen LogP contribution < -0.4 is 0 Å². The van der Waals surface area contributed by atoms with Gasteiger partial charge in [-0.05, 0) is 36.5 Å². The van der Waals surface area contributed by atoms with E-state index in [0.717, 1.165) is 25.1 Å². The Morgan fingerprint density at radius 3 is 2.93 bits per heavy atom. The maximum Gasteiger partial charge on any atom is 0.376 e. The van der Waals surface area contributed by atoms with Crippen molar-refractivity contribution < 1.29 is 10.1 Å². The van der Waals surface area contributed by atoms with E-state index >= 15 is 0 Å². The fraction of sp³-hybridized carbons (Fsp3) is 0.455. The number of aliphatic hydroxyl groups excluding tert-OH is 1. The van der Waals surface area contributed by atoms with Crippen molar-refractivity contribution in [2.45, 2.75) is 26.4 Å². The van der Waals surface area contributed by atoms with Gasteiger partial charge in [-0.2, -0.15) is 0 Å². The molecule has 1 aliphatic heterocycles. The molecule has 0 amide bonds. The molecule has 1 aromatic carbocycles. The van der Waals surface area contributed by atoms with Gasteiger partial charge in [0.1, 0.15) is 0 Å². The van der Waals surface area contributed by atoms with Crippen molar-refractivity contribution in [3.05, 3.63) is 34.9 Å². The standard InChI is InChI=1S/C11H16BNO2/c1-12(15)13-6-5-9-3-2-4-10(8-14)11(9)7-13/h2-4,14-15H,5-8H2,1H3. The molecule has 0 radical (unpaired) electrons. The Kier molecular flexibility index (Phi) is 3.10. The molecule has 1 aliphatic rings. The van der Waals surface area contributed by atoms with E-state index < -0.39 is 7.05 Å². The summed E-state index contributed by atoms with van der Waals surface area (Å²) >= 11 is 0. The third kappa shape index (κ3) is 2.07. The Labute approximate surface area is 90.5 Å². The molecule has 2 rings (SSSR count). The highest BCUT2D eigenvalue weighted by molar-refractivity contribution is 6.45. The van der Waals surface area contributed by atoms with Gasteiger partial charge in [0.15, 0.2) is 0 Å². The number of benzene rings is 1. The topological polar surface area (TPSA) is 43.7 Å². The van der Waals surface area contributed by atoms with E-state index in [4.69, 9.17) is 0 Å². The summed E-state index contributed by atoms with van der Waals surface area (Å²) in [5, 5.41) is 18.8. The molecule has 0 bridgehead atoms. The molecule has 0 atom stereocenters. The molecule has 0 unspecified atom stereocenters. The first-order valence-corrected chi connectivity index (χ1v) is 5.35. The molecule has 0 saturated carbocycles. The molecule has 2 N–H and O–H groups in total. The summed E-state index contributed by atoms with van der Waals surface area (Å²) in [4.78, 5) is 2.02. The number of aliphatic hydroxyl groups is 1. The highest BCUT2D eigenvalue weighted by atomic mass is 16.3. The first-order valence-electron chi connectivity index (χ1n) is 5.35. The summed E-state index contributed by atoms with van der Waals surface area (Å²) in [6.45, 7) is 3.49. The molecule has 1 heterocycles. The molecular formula is C11H16BNO2. The van der Waals surface area contributed by atoms with Gasteiger partial charge in [-0.15, -0.1) is 0 Å². The van der Waals surface area contributed by atoms with Crippen molar-refractivity contribution in [2.24, 2.45) is 0 Å². The van der Waals surface area contributed by atoms with E-state index in [2.05, 4.69) is 6.07 Å². The van der Waals surface area contributed by atoms with Gasteiger partial charge in [0.25, 0.3) is 0 Å². The van der Waals surface area contributed by atoms with E-state index in [-0.39, 0.29) is 6.61 Å². The second-order valence-corrected chi connectivity index (χ2v) is 4.07. The molecule has 0 aliphatic carbocycles. The number of rotatable bonds is 2. The van der Waals surface area contributed by atoms with Crippen molar-refractivity contribution in [3.8, 4) is 0 Å². The van der Waals surface area contributed by atoms with Crippen LogP contribution in [-0.4, -0.2) is 28.5 Å². The lowest BCUT2D eigenvalue weighted by Gasteiger charge is -2.30. The van der Waals surface area contributed by atoms with Crippen LogP contribution in [0.25, 0.3) is 0 Å². The molecule has 0 spiro atoms. The van der Waals surface area contributed by atoms with E-state index in [1.54, 1.807) is 6.82 Å². The lowest BCUT2D eigenvalue weighted by atomic mass is 9.81. The van der Waals surface area contributed by atoms with Gasteiger partial charge in [-0.3, -0.25) is 0 Å². The van der Waals surface area contributed by atoms with Gasteiger partial charge in [-0.25, -0.2) is 0 Å². The van der Waals surface area contributed by atoms with Crippen LogP contribution in [0, 0.1) is 0 Å². The molecule has 15 heavy (non-hydrogen) atoms. The normalized spacial score (nSPS) is 16.2. The highest BCUT2D eigenvalue weighted by Gasteiger charge is 2.23. The number of hydrogen-bond acceptors (Lipinski definition) is 3. The summed E-state index contributed by atoms with van der Waals surface area (Å²) in [7, 11) is -0.412. The van der Waals surface area contributed by atoms with E-state index in [1.165, 1.54) is 11.1 Å². The molecule has 0 fully saturated rings. The number of nitrogens with zero attached hydrogens (tertiary/aromatic N) is 1. The molecule has 80 valence electrons. The fourth-order valence-electron chi connectivity index (χ4n) is 2.14. The zero-order chi connectivity index (χ0) is 10.8. The molecule has 4 heteroatoms. The second kappa shape index (κ2) is 4.35. The lowest BCUT2D eigenvalue weighted by Crippen LogP contribution is -2.41. The third-order valence-electron chi connectivity index (χ3n) is 3.10. The maximum atomic E-state index is 9.53. The van der Waals surface area contributed by atoms with E-state index in [1.807, 2.05) is 16.9 Å². The molecule has 1 aromatic rings. The smallest absolute Gasteiger partial charge is 0.376 e. The van der Waals surface area contributed by atoms with Crippen molar-refractivity contribution in [2.75, 3.05) is 6.54 Å². The Hall–Kier alpha value is -0.835. The third-order valence-corrected chi connectivity index (χ3v) is 3.10. The molecule has 0 saturated heterocycles. The van der Waals surface area contributed by atoms with Gasteiger partial charge >= 0.3 is 7.05 Å². The monoisotopic (exact) mass is 205 g/mol. The van der Waals surface area contributed by atoms with Crippen molar-refractivity contribution in [3.63, 3.8) is 0 Å². The van der Waals surface area contributed by atoms with Crippen molar-refractivity contribution in [1.29, 1.82) is 0 Å². The zero-order valence-corrected chi connectivity index (χ0v) is 8.98. The van der Waals surface area contributed by atoms with Gasteiger partial charge in [0, 0.05) is 6.54 Å². The average molecular weight is 205 g/mol. The van der Waals surface area contributed by atoms with Crippen LogP contribution >= 0.6 is 0 Å². The fourth-order valence-corrected chi connectivity index (χ4v) is 2.14. The predicted octanol–water partition coefficient (Wildman–Crippen LogP) is 0.647. The summed E-state index contributed by atoms with van der Waals surface area (Å²) in [5.41, 5.74) is 3.48. The Balaban J connectivity index is 2.30. The largest absolute Gasteiger partial charge is 0.437 e. The lowest BCUT2D eigenvalue weighted by molar-refractivity contribution is 0.275. The van der Waals surface area contributed by atoms with Crippen molar-refractivity contribution >= 4 is 7.05 Å². The minimum absolute atomic E-state index is 0.0802. The van der Waals surface area contributed by atoms with Gasteiger partial charge < -0.3 is 14.9 Å². The number of fused-ring (bicyclic) bond motifs is 1. The minimum atomic E-state index is -0.412. The van der Waals surface area contributed by atoms with E-state index in [0.29, 0.717) is 0 Å². The Morgan fingerprint density at radius 2 is 2.27 bits per heavy atom. The Morgan fingerprint density at radius 1 is 1.47 bits per heavy atom. The predicted molar refractivity (Wildman–Crippen MR) is 60.3 cm³/mol. The van der Waals surface area contributed by atoms with Gasteiger partial charge in [0.2, 0.25) is 0 Å². The molecular weight excluding hydrogens is 189 g/mol. The first-order chi connectivity index (χ1) is 7.22. The van der Waals surface area contributed by atoms with Gasteiger partial charge in [-0.1, -0.05) is 18.2 Å². The summed E-state index contributed by atoms with van der Waals surface area (Å²) < 4.78 is 0. The molecule has 3 nitrogen and oxygen atoms in total. The first kappa shape index (κ1) is 10.7. The molecule has 0 aromatic heterocycles. The second-order valence-electron chi connectivity index (χ2n) is 4.07. The maximum absolute atomic E-state index is 9.53. The van der Waals surface area contributed by atoms with Crippen LogP contribution in [0.5, 0.6) is 0 Å². The highest BCUT2D eigenvalue weighted by Crippen LogP contribution is 2.22. The zero-order valence-electron chi connectivity index (χ0n) is 8.98. The van der Waals surface area contributed by atoms with Crippen molar-refractivity contribution in [1.82, 2.24) is 4.81 Å². The van der Waals surface area contributed by atoms with Crippen LogP contribution in [0.1, 0.15) is 16.7 Å². The quantitative estimate of drug-likeness (QED) is 0.696. The van der Waals surface area contributed by atoms with Crippen LogP contribution in [0.4, 0.5) is 0 Å². The number of hydrogen-bond donors (Lipinski definition) is 2. The van der Waals surface area contributed by atoms with E-state index in [9.17, 15) is 10.1 Å². The van der Waals surface area contributed by atoms with Crippen LogP contribution in [0.2, 0.25) is 6.82 Å².